The number of nitrogens with zero attached hydrogens (tertiary/aromatic N) is 1. The molecule has 2 aromatic carbocycles. The smallest absolute Gasteiger partial charge is 0.411 e. The van der Waals surface area contributed by atoms with Crippen LogP contribution in [0.5, 0.6) is 5.75 Å². The van der Waals surface area contributed by atoms with E-state index in [0.29, 0.717) is 11.6 Å². The quantitative estimate of drug-likeness (QED) is 0.387. The SMILES string of the molecule is COc1ccc(C(C)(C)C)cc1CN[C@H]1[C@H](C(C)(C)C)[C@@H](C(=O)O)N(C(=O)OC(C)C)[C@H]1c1cccc(Cl)c1. The Balaban J connectivity index is 2.17. The lowest BCUT2D eigenvalue weighted by atomic mass is 9.72. The minimum absolute atomic E-state index is 0.0581. The number of aliphatic carboxylic acids is 1. The van der Waals surface area contributed by atoms with Crippen molar-refractivity contribution in [3.63, 3.8) is 0 Å². The fourth-order valence-corrected chi connectivity index (χ4v) is 5.79. The molecule has 214 valence electrons. The van der Waals surface area contributed by atoms with E-state index in [4.69, 9.17) is 21.1 Å². The number of nitrogens with one attached hydrogen (secondary N) is 1. The molecule has 39 heavy (non-hydrogen) atoms. The zero-order valence-corrected chi connectivity index (χ0v) is 25.3. The van der Waals surface area contributed by atoms with Gasteiger partial charge in [-0.1, -0.05) is 77.4 Å². The Morgan fingerprint density at radius 3 is 2.26 bits per heavy atom. The molecule has 0 spiro atoms. The van der Waals surface area contributed by atoms with E-state index in [1.165, 1.54) is 4.90 Å². The van der Waals surface area contributed by atoms with Crippen LogP contribution in [0.15, 0.2) is 42.5 Å². The van der Waals surface area contributed by atoms with Crippen molar-refractivity contribution in [2.75, 3.05) is 7.11 Å². The number of likely N-dealkylation sites (tertiary alicyclic amines) is 1. The van der Waals surface area contributed by atoms with E-state index in [9.17, 15) is 14.7 Å². The van der Waals surface area contributed by atoms with Crippen molar-refractivity contribution in [1.29, 1.82) is 0 Å². The zero-order valence-electron chi connectivity index (χ0n) is 24.5. The molecule has 0 radical (unpaired) electrons. The Hall–Kier alpha value is -2.77. The summed E-state index contributed by atoms with van der Waals surface area (Å²) >= 11 is 6.39. The monoisotopic (exact) mass is 558 g/mol. The summed E-state index contributed by atoms with van der Waals surface area (Å²) in [5.41, 5.74) is 2.33. The molecule has 0 aromatic heterocycles. The van der Waals surface area contributed by atoms with E-state index in [1.54, 1.807) is 33.1 Å². The Kier molecular flexibility index (Phi) is 9.28. The number of ether oxygens (including phenoxy) is 2. The number of rotatable bonds is 7. The predicted octanol–water partition coefficient (Wildman–Crippen LogP) is 6.82. The summed E-state index contributed by atoms with van der Waals surface area (Å²) in [5.74, 6) is -0.777. The lowest BCUT2D eigenvalue weighted by molar-refractivity contribution is -0.144. The standard InChI is InChI=1S/C31H43ClN2O5/c1-18(2)39-29(37)34-26(19-11-10-12-22(32)16-19)25(24(31(6,7)8)27(34)28(35)36)33-17-20-15-21(30(3,4)5)13-14-23(20)38-9/h10-16,18,24-27,33H,17H2,1-9H3,(H,35,36)/t24-,25-,26-,27-/m0/s1. The molecular formula is C31H43ClN2O5. The van der Waals surface area contributed by atoms with E-state index in [-0.39, 0.29) is 5.41 Å². The molecule has 4 atom stereocenters. The number of hydrogen-bond donors (Lipinski definition) is 2. The molecule has 1 aliphatic rings. The van der Waals surface area contributed by atoms with E-state index < -0.39 is 47.6 Å². The van der Waals surface area contributed by atoms with Gasteiger partial charge in [-0.15, -0.1) is 0 Å². The number of carboxylic acid groups (broad SMARTS) is 1. The normalized spacial score (nSPS) is 21.8. The molecule has 0 saturated carbocycles. The van der Waals surface area contributed by atoms with Crippen molar-refractivity contribution in [2.24, 2.45) is 11.3 Å². The number of carboxylic acids is 1. The van der Waals surface area contributed by atoms with Crippen LogP contribution in [-0.4, -0.2) is 47.4 Å². The Morgan fingerprint density at radius 1 is 1.08 bits per heavy atom. The summed E-state index contributed by atoms with van der Waals surface area (Å²) < 4.78 is 11.3. The number of hydrogen-bond acceptors (Lipinski definition) is 5. The first kappa shape index (κ1) is 30.8. The van der Waals surface area contributed by atoms with E-state index in [0.717, 1.165) is 22.4 Å². The third kappa shape index (κ3) is 6.87. The van der Waals surface area contributed by atoms with Crippen LogP contribution in [0.4, 0.5) is 4.79 Å². The second kappa shape index (κ2) is 11.8. The molecule has 1 aliphatic heterocycles. The fraction of sp³-hybridized carbons (Fsp3) is 0.548. The van der Waals surface area contributed by atoms with Gasteiger partial charge in [-0.05, 0) is 54.0 Å². The number of halogens is 1. The van der Waals surface area contributed by atoms with Crippen LogP contribution in [0.25, 0.3) is 0 Å². The van der Waals surface area contributed by atoms with E-state index >= 15 is 0 Å². The molecule has 2 N–H and O–H groups in total. The van der Waals surface area contributed by atoms with Crippen LogP contribution < -0.4 is 10.1 Å². The zero-order chi connectivity index (χ0) is 29.3. The molecule has 3 rings (SSSR count). The van der Waals surface area contributed by atoms with Crippen LogP contribution in [-0.2, 0) is 21.5 Å². The van der Waals surface area contributed by atoms with Crippen molar-refractivity contribution < 1.29 is 24.2 Å². The van der Waals surface area contributed by atoms with Crippen molar-refractivity contribution in [2.45, 2.75) is 91.6 Å². The molecule has 1 fully saturated rings. The van der Waals surface area contributed by atoms with Gasteiger partial charge in [0.05, 0.1) is 19.3 Å². The molecule has 1 amide bonds. The number of methoxy groups -OCH3 is 1. The topological polar surface area (TPSA) is 88.1 Å². The molecule has 1 saturated heterocycles. The van der Waals surface area contributed by atoms with Gasteiger partial charge in [0.2, 0.25) is 0 Å². The maximum atomic E-state index is 13.5. The van der Waals surface area contributed by atoms with Crippen molar-refractivity contribution in [3.05, 3.63) is 64.2 Å². The second-order valence-corrected chi connectivity index (χ2v) is 13.1. The molecule has 8 heteroatoms. The summed E-state index contributed by atoms with van der Waals surface area (Å²) in [6.45, 7) is 16.4. The minimum atomic E-state index is -1.11. The maximum absolute atomic E-state index is 13.5. The van der Waals surface area contributed by atoms with Gasteiger partial charge < -0.3 is 19.9 Å². The van der Waals surface area contributed by atoms with Crippen molar-refractivity contribution in [1.82, 2.24) is 10.2 Å². The summed E-state index contributed by atoms with van der Waals surface area (Å²) in [6.07, 6.45) is -1.07. The lowest BCUT2D eigenvalue weighted by Crippen LogP contribution is -2.48. The number of carbonyl (C=O) groups is 2. The van der Waals surface area contributed by atoms with Gasteiger partial charge in [0.25, 0.3) is 0 Å². The summed E-state index contributed by atoms with van der Waals surface area (Å²) in [4.78, 5) is 27.8. The molecule has 2 aromatic rings. The van der Waals surface area contributed by atoms with Gasteiger partial charge in [0.1, 0.15) is 11.8 Å². The van der Waals surface area contributed by atoms with Crippen LogP contribution in [0, 0.1) is 11.3 Å². The molecule has 1 heterocycles. The van der Waals surface area contributed by atoms with Gasteiger partial charge in [-0.25, -0.2) is 9.59 Å². The highest BCUT2D eigenvalue weighted by atomic mass is 35.5. The van der Waals surface area contributed by atoms with Crippen LogP contribution in [0.3, 0.4) is 0 Å². The summed E-state index contributed by atoms with van der Waals surface area (Å²) in [7, 11) is 1.64. The fourth-order valence-electron chi connectivity index (χ4n) is 5.59. The first-order valence-corrected chi connectivity index (χ1v) is 13.8. The first-order chi connectivity index (χ1) is 18.1. The van der Waals surface area contributed by atoms with Crippen LogP contribution in [0.1, 0.15) is 78.1 Å². The number of carbonyl (C=O) groups excluding carboxylic acids is 1. The first-order valence-electron chi connectivity index (χ1n) is 13.4. The van der Waals surface area contributed by atoms with Crippen molar-refractivity contribution in [3.8, 4) is 5.75 Å². The molecule has 0 unspecified atom stereocenters. The molecule has 0 aliphatic carbocycles. The van der Waals surface area contributed by atoms with Crippen LogP contribution >= 0.6 is 11.6 Å². The lowest BCUT2D eigenvalue weighted by Gasteiger charge is -2.35. The van der Waals surface area contributed by atoms with Gasteiger partial charge >= 0.3 is 12.1 Å². The van der Waals surface area contributed by atoms with Gasteiger partial charge in [0.15, 0.2) is 0 Å². The third-order valence-corrected chi connectivity index (χ3v) is 7.57. The Bertz CT molecular complexity index is 1180. The highest BCUT2D eigenvalue weighted by Crippen LogP contribution is 2.49. The highest BCUT2D eigenvalue weighted by molar-refractivity contribution is 6.30. The van der Waals surface area contributed by atoms with E-state index in [2.05, 4.69) is 38.2 Å². The maximum Gasteiger partial charge on any atom is 0.411 e. The van der Waals surface area contributed by atoms with Crippen molar-refractivity contribution >= 4 is 23.7 Å². The van der Waals surface area contributed by atoms with E-state index in [1.807, 2.05) is 39.0 Å². The molecule has 0 bridgehead atoms. The number of amides is 1. The van der Waals surface area contributed by atoms with Gasteiger partial charge in [-0.2, -0.15) is 0 Å². The largest absolute Gasteiger partial charge is 0.496 e. The highest BCUT2D eigenvalue weighted by Gasteiger charge is 2.58. The Labute approximate surface area is 237 Å². The third-order valence-electron chi connectivity index (χ3n) is 7.33. The molecular weight excluding hydrogens is 516 g/mol. The minimum Gasteiger partial charge on any atom is -0.496 e. The average Bonchev–Trinajstić information content (AvgIpc) is 3.17. The summed E-state index contributed by atoms with van der Waals surface area (Å²) in [5, 5.41) is 14.7. The second-order valence-electron chi connectivity index (χ2n) is 12.7. The van der Waals surface area contributed by atoms with Crippen LogP contribution in [0.2, 0.25) is 5.02 Å². The Morgan fingerprint density at radius 2 is 1.74 bits per heavy atom. The van der Waals surface area contributed by atoms with Gasteiger partial charge in [0, 0.05) is 29.1 Å². The summed E-state index contributed by atoms with van der Waals surface area (Å²) in [6, 6.07) is 11.2. The molecule has 7 nitrogen and oxygen atoms in total. The predicted molar refractivity (Wildman–Crippen MR) is 154 cm³/mol. The van der Waals surface area contributed by atoms with Gasteiger partial charge in [-0.3, -0.25) is 4.90 Å². The average molecular weight is 559 g/mol. The number of benzene rings is 2.